The molecule has 0 bridgehead atoms. The van der Waals surface area contributed by atoms with Crippen molar-refractivity contribution in [3.63, 3.8) is 0 Å². The lowest BCUT2D eigenvalue weighted by molar-refractivity contribution is 0.256. The molecule has 0 saturated heterocycles. The van der Waals surface area contributed by atoms with Gasteiger partial charge >= 0.3 is 6.03 Å². The van der Waals surface area contributed by atoms with Crippen LogP contribution in [0.2, 0.25) is 0 Å². The van der Waals surface area contributed by atoms with Crippen molar-refractivity contribution in [1.29, 1.82) is 5.41 Å². The van der Waals surface area contributed by atoms with Gasteiger partial charge in [0.1, 0.15) is 5.75 Å². The summed E-state index contributed by atoms with van der Waals surface area (Å²) in [5.41, 5.74) is 1.98. The Balaban J connectivity index is 2.85. The standard InChI is InChI=1S/C11H16N4O2/c1-6-4-5-8(16)7(2)9(6)14-11(17)15-10(12)13-3/h4-5,16H,1-3H3,(H4,12,13,14,15,17). The maximum atomic E-state index is 11.5. The van der Waals surface area contributed by atoms with Gasteiger partial charge in [0.2, 0.25) is 0 Å². The molecule has 0 atom stereocenters. The summed E-state index contributed by atoms with van der Waals surface area (Å²) in [6.45, 7) is 3.53. The molecule has 0 aromatic heterocycles. The number of benzene rings is 1. The Morgan fingerprint density at radius 1 is 1.35 bits per heavy atom. The molecule has 2 amide bonds. The SMILES string of the molecule is CNC(=N)NC(=O)Nc1c(C)ccc(O)c1C. The third-order valence-corrected chi connectivity index (χ3v) is 2.37. The molecule has 0 heterocycles. The van der Waals surface area contributed by atoms with Crippen molar-refractivity contribution in [2.24, 2.45) is 0 Å². The summed E-state index contributed by atoms with van der Waals surface area (Å²) in [5, 5.41) is 24.2. The molecule has 92 valence electrons. The summed E-state index contributed by atoms with van der Waals surface area (Å²) in [6.07, 6.45) is 0. The predicted molar refractivity (Wildman–Crippen MR) is 66.5 cm³/mol. The molecule has 0 aliphatic carbocycles. The van der Waals surface area contributed by atoms with Crippen LogP contribution in [0.4, 0.5) is 10.5 Å². The van der Waals surface area contributed by atoms with Crippen LogP contribution in [0, 0.1) is 19.3 Å². The zero-order valence-corrected chi connectivity index (χ0v) is 10.0. The second-order valence-corrected chi connectivity index (χ2v) is 3.61. The molecule has 1 rings (SSSR count). The van der Waals surface area contributed by atoms with Crippen molar-refractivity contribution >= 4 is 17.7 Å². The number of aryl methyl sites for hydroxylation is 1. The van der Waals surface area contributed by atoms with Crippen LogP contribution in [0.3, 0.4) is 0 Å². The Hall–Kier alpha value is -2.24. The lowest BCUT2D eigenvalue weighted by atomic mass is 10.1. The number of urea groups is 1. The third-order valence-electron chi connectivity index (χ3n) is 2.37. The Morgan fingerprint density at radius 2 is 2.00 bits per heavy atom. The van der Waals surface area contributed by atoms with E-state index in [0.717, 1.165) is 5.56 Å². The first-order chi connectivity index (χ1) is 7.95. The second-order valence-electron chi connectivity index (χ2n) is 3.61. The average Bonchev–Trinajstić information content (AvgIpc) is 2.29. The zero-order valence-electron chi connectivity index (χ0n) is 10.0. The van der Waals surface area contributed by atoms with E-state index in [4.69, 9.17) is 5.41 Å². The van der Waals surface area contributed by atoms with Crippen LogP contribution >= 0.6 is 0 Å². The fourth-order valence-electron chi connectivity index (χ4n) is 1.35. The largest absolute Gasteiger partial charge is 0.508 e. The molecule has 17 heavy (non-hydrogen) atoms. The average molecular weight is 236 g/mol. The van der Waals surface area contributed by atoms with E-state index in [2.05, 4.69) is 16.0 Å². The van der Waals surface area contributed by atoms with Gasteiger partial charge < -0.3 is 15.7 Å². The van der Waals surface area contributed by atoms with Gasteiger partial charge in [0.25, 0.3) is 0 Å². The molecule has 5 N–H and O–H groups in total. The number of hydrogen-bond acceptors (Lipinski definition) is 3. The van der Waals surface area contributed by atoms with Gasteiger partial charge in [-0.15, -0.1) is 0 Å². The van der Waals surface area contributed by atoms with E-state index in [-0.39, 0.29) is 11.7 Å². The normalized spacial score (nSPS) is 9.59. The lowest BCUT2D eigenvalue weighted by Gasteiger charge is -2.13. The maximum Gasteiger partial charge on any atom is 0.326 e. The van der Waals surface area contributed by atoms with E-state index < -0.39 is 6.03 Å². The van der Waals surface area contributed by atoms with Gasteiger partial charge in [0.15, 0.2) is 5.96 Å². The van der Waals surface area contributed by atoms with E-state index in [0.29, 0.717) is 11.3 Å². The van der Waals surface area contributed by atoms with Gasteiger partial charge in [0.05, 0.1) is 5.69 Å². The van der Waals surface area contributed by atoms with Gasteiger partial charge in [-0.1, -0.05) is 6.07 Å². The highest BCUT2D eigenvalue weighted by Gasteiger charge is 2.10. The molecule has 0 unspecified atom stereocenters. The highest BCUT2D eigenvalue weighted by atomic mass is 16.3. The van der Waals surface area contributed by atoms with Crippen LogP contribution in [0.15, 0.2) is 12.1 Å². The smallest absolute Gasteiger partial charge is 0.326 e. The lowest BCUT2D eigenvalue weighted by Crippen LogP contribution is -2.40. The van der Waals surface area contributed by atoms with Gasteiger partial charge in [0, 0.05) is 12.6 Å². The highest BCUT2D eigenvalue weighted by molar-refractivity contribution is 6.02. The highest BCUT2D eigenvalue weighted by Crippen LogP contribution is 2.27. The summed E-state index contributed by atoms with van der Waals surface area (Å²) in [4.78, 5) is 11.5. The molecule has 0 radical (unpaired) electrons. The van der Waals surface area contributed by atoms with Crippen LogP contribution < -0.4 is 16.0 Å². The van der Waals surface area contributed by atoms with Crippen molar-refractivity contribution in [1.82, 2.24) is 10.6 Å². The second kappa shape index (κ2) is 5.20. The predicted octanol–water partition coefficient (Wildman–Crippen LogP) is 1.28. The molecule has 1 aromatic carbocycles. The first kappa shape index (κ1) is 12.8. The van der Waals surface area contributed by atoms with Crippen molar-refractivity contribution in [2.45, 2.75) is 13.8 Å². The fraction of sp³-hybridized carbons (Fsp3) is 0.273. The number of hydrogen-bond donors (Lipinski definition) is 5. The quantitative estimate of drug-likeness (QED) is 0.375. The Morgan fingerprint density at radius 3 is 2.59 bits per heavy atom. The van der Waals surface area contributed by atoms with E-state index >= 15 is 0 Å². The third kappa shape index (κ3) is 3.10. The summed E-state index contributed by atoms with van der Waals surface area (Å²) in [7, 11) is 1.54. The number of amides is 2. The monoisotopic (exact) mass is 236 g/mol. The Labute approximate surface area is 99.5 Å². The van der Waals surface area contributed by atoms with Crippen LogP contribution in [-0.2, 0) is 0 Å². The number of carbonyl (C=O) groups is 1. The van der Waals surface area contributed by atoms with Crippen molar-refractivity contribution in [3.8, 4) is 5.75 Å². The summed E-state index contributed by atoms with van der Waals surface area (Å²) in [5.74, 6) is 0.0209. The minimum absolute atomic E-state index is 0.0991. The number of guanidine groups is 1. The van der Waals surface area contributed by atoms with E-state index in [1.807, 2.05) is 6.92 Å². The van der Waals surface area contributed by atoms with Gasteiger partial charge in [-0.2, -0.15) is 0 Å². The fourth-order valence-corrected chi connectivity index (χ4v) is 1.35. The summed E-state index contributed by atoms with van der Waals surface area (Å²) in [6, 6.07) is 2.76. The topological polar surface area (TPSA) is 97.2 Å². The molecule has 6 nitrogen and oxygen atoms in total. The number of aromatic hydroxyl groups is 1. The number of anilines is 1. The number of phenols is 1. The van der Waals surface area contributed by atoms with Crippen LogP contribution in [0.1, 0.15) is 11.1 Å². The molecule has 0 fully saturated rings. The molecular weight excluding hydrogens is 220 g/mol. The molecule has 1 aromatic rings. The van der Waals surface area contributed by atoms with Crippen molar-refractivity contribution in [2.75, 3.05) is 12.4 Å². The molecule has 0 spiro atoms. The van der Waals surface area contributed by atoms with Crippen LogP contribution in [-0.4, -0.2) is 24.1 Å². The van der Waals surface area contributed by atoms with Crippen LogP contribution in [0.5, 0.6) is 5.75 Å². The minimum Gasteiger partial charge on any atom is -0.508 e. The zero-order chi connectivity index (χ0) is 13.0. The van der Waals surface area contributed by atoms with E-state index in [1.54, 1.807) is 19.1 Å². The molecule has 0 aliphatic heterocycles. The number of nitrogens with one attached hydrogen (secondary N) is 4. The Bertz CT molecular complexity index is 457. The van der Waals surface area contributed by atoms with E-state index in [9.17, 15) is 9.90 Å². The number of rotatable bonds is 1. The first-order valence-corrected chi connectivity index (χ1v) is 5.09. The number of phenolic OH excluding ortho intramolecular Hbond substituents is 1. The summed E-state index contributed by atoms with van der Waals surface area (Å²) < 4.78 is 0. The van der Waals surface area contributed by atoms with Gasteiger partial charge in [-0.05, 0) is 25.5 Å². The maximum absolute atomic E-state index is 11.5. The van der Waals surface area contributed by atoms with Crippen molar-refractivity contribution in [3.05, 3.63) is 23.3 Å². The number of carbonyl (C=O) groups excluding carboxylic acids is 1. The first-order valence-electron chi connectivity index (χ1n) is 5.09. The molecular formula is C11H16N4O2. The van der Waals surface area contributed by atoms with E-state index in [1.165, 1.54) is 7.05 Å². The molecule has 6 heteroatoms. The van der Waals surface area contributed by atoms with Gasteiger partial charge in [-0.25, -0.2) is 4.79 Å². The molecule has 0 saturated carbocycles. The minimum atomic E-state index is -0.527. The summed E-state index contributed by atoms with van der Waals surface area (Å²) >= 11 is 0. The Kier molecular flexibility index (Phi) is 3.92. The van der Waals surface area contributed by atoms with Crippen molar-refractivity contribution < 1.29 is 9.90 Å². The van der Waals surface area contributed by atoms with Crippen LogP contribution in [0.25, 0.3) is 0 Å². The van der Waals surface area contributed by atoms with Gasteiger partial charge in [-0.3, -0.25) is 10.7 Å². The molecule has 0 aliphatic rings.